The molecule has 0 radical (unpaired) electrons. The van der Waals surface area contributed by atoms with E-state index in [1.165, 1.54) is 6.07 Å². The van der Waals surface area contributed by atoms with Crippen LogP contribution in [0.15, 0.2) is 24.3 Å². The van der Waals surface area contributed by atoms with Crippen LogP contribution in [0, 0.1) is 12.7 Å². The summed E-state index contributed by atoms with van der Waals surface area (Å²) in [4.78, 5) is 7.79. The number of benzene rings is 1. The van der Waals surface area contributed by atoms with Gasteiger partial charge in [-0.25, -0.2) is 9.37 Å². The topological polar surface area (TPSA) is 40.7 Å². The van der Waals surface area contributed by atoms with Gasteiger partial charge in [0.1, 0.15) is 11.6 Å². The molecule has 2 rings (SSSR count). The van der Waals surface area contributed by atoms with Crippen molar-refractivity contribution in [3.05, 3.63) is 41.6 Å². The molecule has 0 saturated carbocycles. The summed E-state index contributed by atoms with van der Waals surface area (Å²) in [6, 6.07) is 7.26. The third-order valence-corrected chi connectivity index (χ3v) is 3.21. The van der Waals surface area contributed by atoms with Crippen LogP contribution in [0.3, 0.4) is 0 Å². The molecule has 3 nitrogen and oxygen atoms in total. The van der Waals surface area contributed by atoms with Gasteiger partial charge in [0.05, 0.1) is 5.69 Å². The zero-order valence-electron chi connectivity index (χ0n) is 12.3. The molecule has 0 aliphatic rings. The van der Waals surface area contributed by atoms with E-state index in [9.17, 15) is 4.39 Å². The molecule has 20 heavy (non-hydrogen) atoms. The van der Waals surface area contributed by atoms with E-state index in [1.807, 2.05) is 13.0 Å². The lowest BCUT2D eigenvalue weighted by molar-refractivity contribution is 0.566. The van der Waals surface area contributed by atoms with Crippen LogP contribution in [0.5, 0.6) is 0 Å². The number of hydrogen-bond acceptors (Lipinski definition) is 2. The van der Waals surface area contributed by atoms with Gasteiger partial charge in [-0.3, -0.25) is 0 Å². The van der Waals surface area contributed by atoms with E-state index in [0.29, 0.717) is 11.6 Å². The van der Waals surface area contributed by atoms with Crippen molar-refractivity contribution in [2.45, 2.75) is 39.7 Å². The highest BCUT2D eigenvalue weighted by molar-refractivity contribution is 5.62. The Morgan fingerprint density at radius 3 is 2.75 bits per heavy atom. The minimum atomic E-state index is -0.227. The number of rotatable bonds is 6. The monoisotopic (exact) mass is 275 g/mol. The number of halogens is 1. The van der Waals surface area contributed by atoms with E-state index in [1.54, 1.807) is 12.1 Å². The second-order valence-corrected chi connectivity index (χ2v) is 5.35. The van der Waals surface area contributed by atoms with Crippen molar-refractivity contribution in [1.29, 1.82) is 0 Å². The minimum absolute atomic E-state index is 0.227. The molecule has 2 N–H and O–H groups in total. The Morgan fingerprint density at radius 1 is 1.30 bits per heavy atom. The summed E-state index contributed by atoms with van der Waals surface area (Å²) in [7, 11) is 0. The average molecular weight is 275 g/mol. The molecular weight excluding hydrogens is 253 g/mol. The van der Waals surface area contributed by atoms with Crippen LogP contribution in [-0.4, -0.2) is 22.6 Å². The maximum atomic E-state index is 13.8. The molecule has 108 valence electrons. The molecule has 0 amide bonds. The first-order chi connectivity index (χ1) is 9.58. The molecule has 0 fully saturated rings. The SMILES string of the molecule is Cc1[nH]c(CCCNC(C)C)nc1-c1ccccc1F. The molecule has 1 aromatic carbocycles. The summed E-state index contributed by atoms with van der Waals surface area (Å²) in [6.07, 6.45) is 1.89. The zero-order valence-corrected chi connectivity index (χ0v) is 12.3. The summed E-state index contributed by atoms with van der Waals surface area (Å²) in [5, 5.41) is 3.38. The minimum Gasteiger partial charge on any atom is -0.346 e. The molecule has 0 aliphatic carbocycles. The first kappa shape index (κ1) is 14.7. The standard InChI is InChI=1S/C16H22FN3/c1-11(2)18-10-6-9-15-19-12(3)16(20-15)13-7-4-5-8-14(13)17/h4-5,7-8,11,18H,6,9-10H2,1-3H3,(H,19,20). The molecule has 0 bridgehead atoms. The molecule has 0 aliphatic heterocycles. The number of aromatic amines is 1. The fourth-order valence-electron chi connectivity index (χ4n) is 2.20. The van der Waals surface area contributed by atoms with Crippen molar-refractivity contribution in [2.75, 3.05) is 6.54 Å². The molecule has 0 unspecified atom stereocenters. The maximum absolute atomic E-state index is 13.8. The number of nitrogens with zero attached hydrogens (tertiary/aromatic N) is 1. The van der Waals surface area contributed by atoms with Gasteiger partial charge < -0.3 is 10.3 Å². The highest BCUT2D eigenvalue weighted by atomic mass is 19.1. The molecule has 2 aromatic rings. The van der Waals surface area contributed by atoms with Crippen LogP contribution in [0.2, 0.25) is 0 Å². The Morgan fingerprint density at radius 2 is 2.05 bits per heavy atom. The fourth-order valence-corrected chi connectivity index (χ4v) is 2.20. The third-order valence-electron chi connectivity index (χ3n) is 3.21. The van der Waals surface area contributed by atoms with Crippen LogP contribution in [0.4, 0.5) is 4.39 Å². The average Bonchev–Trinajstić information content (AvgIpc) is 2.76. The van der Waals surface area contributed by atoms with Gasteiger partial charge in [0.2, 0.25) is 0 Å². The summed E-state index contributed by atoms with van der Waals surface area (Å²) in [6.45, 7) is 7.16. The molecule has 4 heteroatoms. The lowest BCUT2D eigenvalue weighted by Crippen LogP contribution is -2.24. The summed E-state index contributed by atoms with van der Waals surface area (Å²) < 4.78 is 13.8. The molecule has 1 heterocycles. The van der Waals surface area contributed by atoms with Crippen molar-refractivity contribution >= 4 is 0 Å². The largest absolute Gasteiger partial charge is 0.346 e. The van der Waals surface area contributed by atoms with Gasteiger partial charge in [-0.05, 0) is 32.0 Å². The van der Waals surface area contributed by atoms with E-state index in [0.717, 1.165) is 36.6 Å². The number of hydrogen-bond donors (Lipinski definition) is 2. The van der Waals surface area contributed by atoms with E-state index < -0.39 is 0 Å². The smallest absolute Gasteiger partial charge is 0.132 e. The van der Waals surface area contributed by atoms with Gasteiger partial charge in [0.15, 0.2) is 0 Å². The Balaban J connectivity index is 2.05. The summed E-state index contributed by atoms with van der Waals surface area (Å²) in [5.41, 5.74) is 2.20. The first-order valence-corrected chi connectivity index (χ1v) is 7.11. The number of imidazole rings is 1. The molecule has 0 spiro atoms. The van der Waals surface area contributed by atoms with Crippen molar-refractivity contribution in [3.63, 3.8) is 0 Å². The van der Waals surface area contributed by atoms with Crippen molar-refractivity contribution in [1.82, 2.24) is 15.3 Å². The summed E-state index contributed by atoms with van der Waals surface area (Å²) in [5.74, 6) is 0.696. The van der Waals surface area contributed by atoms with Crippen LogP contribution in [0.25, 0.3) is 11.3 Å². The number of aromatic nitrogens is 2. The third kappa shape index (κ3) is 3.67. The van der Waals surface area contributed by atoms with E-state index in [-0.39, 0.29) is 5.82 Å². The van der Waals surface area contributed by atoms with Gasteiger partial charge in [-0.15, -0.1) is 0 Å². The second-order valence-electron chi connectivity index (χ2n) is 5.35. The fraction of sp³-hybridized carbons (Fsp3) is 0.438. The highest BCUT2D eigenvalue weighted by Crippen LogP contribution is 2.24. The van der Waals surface area contributed by atoms with Gasteiger partial charge in [-0.2, -0.15) is 0 Å². The predicted molar refractivity (Wildman–Crippen MR) is 80.2 cm³/mol. The van der Waals surface area contributed by atoms with E-state index >= 15 is 0 Å². The number of nitrogens with one attached hydrogen (secondary N) is 2. The first-order valence-electron chi connectivity index (χ1n) is 7.11. The predicted octanol–water partition coefficient (Wildman–Crippen LogP) is 3.45. The zero-order chi connectivity index (χ0) is 14.5. The Labute approximate surface area is 119 Å². The second kappa shape index (κ2) is 6.66. The van der Waals surface area contributed by atoms with E-state index in [2.05, 4.69) is 29.1 Å². The Bertz CT molecular complexity index is 561. The quantitative estimate of drug-likeness (QED) is 0.793. The van der Waals surface area contributed by atoms with Gasteiger partial charge in [-0.1, -0.05) is 26.0 Å². The highest BCUT2D eigenvalue weighted by Gasteiger charge is 2.12. The molecule has 0 atom stereocenters. The number of aryl methyl sites for hydroxylation is 2. The van der Waals surface area contributed by atoms with E-state index in [4.69, 9.17) is 0 Å². The van der Waals surface area contributed by atoms with Crippen molar-refractivity contribution in [2.24, 2.45) is 0 Å². The van der Waals surface area contributed by atoms with Crippen molar-refractivity contribution in [3.8, 4) is 11.3 Å². The van der Waals surface area contributed by atoms with Crippen LogP contribution in [0.1, 0.15) is 31.8 Å². The van der Waals surface area contributed by atoms with Crippen molar-refractivity contribution < 1.29 is 4.39 Å². The lowest BCUT2D eigenvalue weighted by Gasteiger charge is -2.06. The molecule has 0 saturated heterocycles. The molecular formula is C16H22FN3. The molecule has 1 aromatic heterocycles. The van der Waals surface area contributed by atoms with Gasteiger partial charge in [0.25, 0.3) is 0 Å². The van der Waals surface area contributed by atoms with Crippen LogP contribution >= 0.6 is 0 Å². The van der Waals surface area contributed by atoms with Gasteiger partial charge in [0, 0.05) is 23.7 Å². The summed E-state index contributed by atoms with van der Waals surface area (Å²) >= 11 is 0. The normalized spacial score (nSPS) is 11.2. The van der Waals surface area contributed by atoms with Crippen LogP contribution in [-0.2, 0) is 6.42 Å². The lowest BCUT2D eigenvalue weighted by atomic mass is 10.1. The van der Waals surface area contributed by atoms with Gasteiger partial charge >= 0.3 is 0 Å². The Hall–Kier alpha value is -1.68. The Kier molecular flexibility index (Phi) is 4.90. The number of H-pyrrole nitrogens is 1. The van der Waals surface area contributed by atoms with Crippen LogP contribution < -0.4 is 5.32 Å². The maximum Gasteiger partial charge on any atom is 0.132 e.